The van der Waals surface area contributed by atoms with E-state index in [0.29, 0.717) is 5.78 Å². The summed E-state index contributed by atoms with van der Waals surface area (Å²) >= 11 is 5.91. The summed E-state index contributed by atoms with van der Waals surface area (Å²) in [5, 5.41) is 0.796. The third-order valence-corrected chi connectivity index (χ3v) is 3.21. The molecule has 2 heteroatoms. The Morgan fingerprint density at radius 2 is 2.21 bits per heavy atom. The Kier molecular flexibility index (Phi) is 2.60. The van der Waals surface area contributed by atoms with E-state index in [1.807, 2.05) is 18.2 Å². The van der Waals surface area contributed by atoms with E-state index < -0.39 is 0 Å². The van der Waals surface area contributed by atoms with Gasteiger partial charge in [-0.25, -0.2) is 0 Å². The molecule has 1 aliphatic carbocycles. The number of halogens is 1. The van der Waals surface area contributed by atoms with Gasteiger partial charge in [-0.1, -0.05) is 17.7 Å². The van der Waals surface area contributed by atoms with Crippen LogP contribution in [-0.2, 0) is 17.6 Å². The molecule has 0 bridgehead atoms. The van der Waals surface area contributed by atoms with Gasteiger partial charge in [0.15, 0.2) is 0 Å². The summed E-state index contributed by atoms with van der Waals surface area (Å²) in [5.74, 6) is 0.536. The highest BCUT2D eigenvalue weighted by Gasteiger charge is 2.21. The van der Waals surface area contributed by atoms with Gasteiger partial charge >= 0.3 is 0 Å². The lowest BCUT2D eigenvalue weighted by molar-refractivity contribution is -0.121. The highest BCUT2D eigenvalue weighted by atomic mass is 35.5. The molecule has 0 heterocycles. The molecule has 0 saturated carbocycles. The molecule has 1 aromatic carbocycles. The smallest absolute Gasteiger partial charge is 0.133 e. The summed E-state index contributed by atoms with van der Waals surface area (Å²) in [6, 6.07) is 5.98. The molecule has 1 aromatic rings. The van der Waals surface area contributed by atoms with Crippen molar-refractivity contribution in [3.05, 3.63) is 34.3 Å². The van der Waals surface area contributed by atoms with Crippen LogP contribution in [0.4, 0.5) is 0 Å². The Bertz CT molecular complexity index is 371. The third-order valence-electron chi connectivity index (χ3n) is 2.97. The van der Waals surface area contributed by atoms with Gasteiger partial charge in [-0.15, -0.1) is 0 Å². The van der Waals surface area contributed by atoms with E-state index >= 15 is 0 Å². The van der Waals surface area contributed by atoms with Gasteiger partial charge in [-0.2, -0.15) is 0 Å². The molecule has 1 atom stereocenters. The minimum atomic E-state index is 0.226. The Morgan fingerprint density at radius 3 is 2.93 bits per heavy atom. The highest BCUT2D eigenvalue weighted by molar-refractivity contribution is 6.30. The van der Waals surface area contributed by atoms with Crippen molar-refractivity contribution >= 4 is 17.4 Å². The van der Waals surface area contributed by atoms with Crippen LogP contribution >= 0.6 is 11.6 Å². The molecule has 74 valence electrons. The summed E-state index contributed by atoms with van der Waals surface area (Å²) in [6.45, 7) is 1.69. The zero-order chi connectivity index (χ0) is 10.1. The number of hydrogen-bond acceptors (Lipinski definition) is 1. The van der Waals surface area contributed by atoms with E-state index in [1.54, 1.807) is 6.92 Å². The van der Waals surface area contributed by atoms with Crippen molar-refractivity contribution in [2.45, 2.75) is 26.2 Å². The molecular formula is C12H13ClO. The van der Waals surface area contributed by atoms with Crippen molar-refractivity contribution in [3.63, 3.8) is 0 Å². The van der Waals surface area contributed by atoms with Crippen molar-refractivity contribution in [3.8, 4) is 0 Å². The number of benzene rings is 1. The molecule has 1 nitrogen and oxygen atoms in total. The molecule has 1 unspecified atom stereocenters. The van der Waals surface area contributed by atoms with Gasteiger partial charge in [0.1, 0.15) is 5.78 Å². The van der Waals surface area contributed by atoms with Crippen LogP contribution in [0.5, 0.6) is 0 Å². The number of carbonyl (C=O) groups is 1. The second kappa shape index (κ2) is 3.74. The summed E-state index contributed by atoms with van der Waals surface area (Å²) in [5.41, 5.74) is 2.61. The molecule has 14 heavy (non-hydrogen) atoms. The molecule has 1 aliphatic rings. The predicted molar refractivity (Wildman–Crippen MR) is 57.6 cm³/mol. The first-order valence-corrected chi connectivity index (χ1v) is 5.32. The first kappa shape index (κ1) is 9.72. The van der Waals surface area contributed by atoms with Crippen molar-refractivity contribution in [1.82, 2.24) is 0 Å². The maximum absolute atomic E-state index is 11.2. The molecule has 0 spiro atoms. The van der Waals surface area contributed by atoms with Crippen LogP contribution in [0.3, 0.4) is 0 Å². The minimum Gasteiger partial charge on any atom is -0.300 e. The SMILES string of the molecule is CC(=O)C1CCc2cc(Cl)ccc2C1. The standard InChI is InChI=1S/C12H13ClO/c1-8(14)9-2-3-11-7-12(13)5-4-10(11)6-9/h4-5,7,9H,2-3,6H2,1H3. The number of rotatable bonds is 1. The fourth-order valence-corrected chi connectivity index (χ4v) is 2.27. The second-order valence-corrected chi connectivity index (χ2v) is 4.40. The van der Waals surface area contributed by atoms with Crippen LogP contribution in [0.15, 0.2) is 18.2 Å². The van der Waals surface area contributed by atoms with E-state index in [-0.39, 0.29) is 5.92 Å². The van der Waals surface area contributed by atoms with E-state index in [0.717, 1.165) is 24.3 Å². The van der Waals surface area contributed by atoms with Crippen LogP contribution < -0.4 is 0 Å². The molecule has 0 aromatic heterocycles. The molecular weight excluding hydrogens is 196 g/mol. The number of hydrogen-bond donors (Lipinski definition) is 0. The van der Waals surface area contributed by atoms with Gasteiger partial charge in [-0.05, 0) is 49.4 Å². The summed E-state index contributed by atoms with van der Waals surface area (Å²) in [4.78, 5) is 11.2. The zero-order valence-electron chi connectivity index (χ0n) is 8.22. The third kappa shape index (κ3) is 1.83. The van der Waals surface area contributed by atoms with Gasteiger partial charge in [0.2, 0.25) is 0 Å². The first-order chi connectivity index (χ1) is 6.66. The van der Waals surface area contributed by atoms with Crippen LogP contribution in [0.1, 0.15) is 24.5 Å². The Labute approximate surface area is 89.1 Å². The van der Waals surface area contributed by atoms with Crippen molar-refractivity contribution < 1.29 is 4.79 Å². The number of fused-ring (bicyclic) bond motifs is 1. The van der Waals surface area contributed by atoms with E-state index in [9.17, 15) is 4.79 Å². The fraction of sp³-hybridized carbons (Fsp3) is 0.417. The summed E-state index contributed by atoms with van der Waals surface area (Å²) < 4.78 is 0. The largest absolute Gasteiger partial charge is 0.300 e. The minimum absolute atomic E-state index is 0.226. The summed E-state index contributed by atoms with van der Waals surface area (Å²) in [7, 11) is 0. The lowest BCUT2D eigenvalue weighted by atomic mass is 9.82. The predicted octanol–water partition coefficient (Wildman–Crippen LogP) is 3.03. The Hall–Kier alpha value is -0.820. The van der Waals surface area contributed by atoms with Gasteiger partial charge in [0.25, 0.3) is 0 Å². The van der Waals surface area contributed by atoms with Gasteiger partial charge < -0.3 is 0 Å². The van der Waals surface area contributed by atoms with Crippen molar-refractivity contribution in [1.29, 1.82) is 0 Å². The van der Waals surface area contributed by atoms with Crippen molar-refractivity contribution in [2.24, 2.45) is 5.92 Å². The van der Waals surface area contributed by atoms with E-state index in [4.69, 9.17) is 11.6 Å². The average Bonchev–Trinajstić information content (AvgIpc) is 2.16. The number of ketones is 1. The molecule has 0 radical (unpaired) electrons. The maximum Gasteiger partial charge on any atom is 0.133 e. The zero-order valence-corrected chi connectivity index (χ0v) is 8.97. The fourth-order valence-electron chi connectivity index (χ4n) is 2.07. The second-order valence-electron chi connectivity index (χ2n) is 3.96. The number of Topliss-reactive ketones (excluding diaryl/α,β-unsaturated/α-hetero) is 1. The lowest BCUT2D eigenvalue weighted by Crippen LogP contribution is -2.20. The van der Waals surface area contributed by atoms with Gasteiger partial charge in [0, 0.05) is 10.9 Å². The molecule has 2 rings (SSSR count). The van der Waals surface area contributed by atoms with Crippen LogP contribution in [0.2, 0.25) is 5.02 Å². The molecule has 0 aliphatic heterocycles. The van der Waals surface area contributed by atoms with Crippen molar-refractivity contribution in [2.75, 3.05) is 0 Å². The Balaban J connectivity index is 2.27. The number of aryl methyl sites for hydroxylation is 1. The topological polar surface area (TPSA) is 17.1 Å². The normalized spacial score (nSPS) is 20.3. The first-order valence-electron chi connectivity index (χ1n) is 4.94. The molecule has 0 fully saturated rings. The monoisotopic (exact) mass is 208 g/mol. The van der Waals surface area contributed by atoms with Crippen LogP contribution in [0, 0.1) is 5.92 Å². The molecule has 0 amide bonds. The highest BCUT2D eigenvalue weighted by Crippen LogP contribution is 2.28. The van der Waals surface area contributed by atoms with E-state index in [1.165, 1.54) is 11.1 Å². The maximum atomic E-state index is 11.2. The molecule has 0 saturated heterocycles. The Morgan fingerprint density at radius 1 is 1.43 bits per heavy atom. The van der Waals surface area contributed by atoms with Gasteiger partial charge in [-0.3, -0.25) is 4.79 Å². The van der Waals surface area contributed by atoms with Crippen LogP contribution in [0.25, 0.3) is 0 Å². The van der Waals surface area contributed by atoms with Gasteiger partial charge in [0.05, 0.1) is 0 Å². The summed E-state index contributed by atoms with van der Waals surface area (Å²) in [6.07, 6.45) is 2.85. The number of carbonyl (C=O) groups excluding carboxylic acids is 1. The molecule has 0 N–H and O–H groups in total. The van der Waals surface area contributed by atoms with E-state index in [2.05, 4.69) is 0 Å². The lowest BCUT2D eigenvalue weighted by Gasteiger charge is -2.22. The average molecular weight is 209 g/mol. The van der Waals surface area contributed by atoms with Crippen LogP contribution in [-0.4, -0.2) is 5.78 Å². The quantitative estimate of drug-likeness (QED) is 0.694.